The molecule has 5 rings (SSSR count). The van der Waals surface area contributed by atoms with Gasteiger partial charge in [-0.15, -0.1) is 0 Å². The number of nitrogens with one attached hydrogen (secondary N) is 1. The molecule has 1 unspecified atom stereocenters. The highest BCUT2D eigenvalue weighted by Crippen LogP contribution is 2.32. The number of alkyl halides is 3. The summed E-state index contributed by atoms with van der Waals surface area (Å²) in [6.07, 6.45) is -3.62. The zero-order valence-corrected chi connectivity index (χ0v) is 25.4. The Bertz CT molecular complexity index is 1740. The number of carbonyl (C=O) groups excluding carboxylic acids is 3. The fraction of sp³-hybridized carbons (Fsp3) is 0.281. The van der Waals surface area contributed by atoms with Crippen LogP contribution in [-0.4, -0.2) is 84.6 Å². The van der Waals surface area contributed by atoms with E-state index in [1.54, 1.807) is 43.4 Å². The molecule has 0 radical (unpaired) electrons. The van der Waals surface area contributed by atoms with Gasteiger partial charge in [0, 0.05) is 24.9 Å². The fourth-order valence-electron chi connectivity index (χ4n) is 4.05. The van der Waals surface area contributed by atoms with Crippen LogP contribution in [0.2, 0.25) is 0 Å². The Morgan fingerprint density at radius 3 is 2.42 bits per heavy atom. The first kappa shape index (κ1) is 35.2. The summed E-state index contributed by atoms with van der Waals surface area (Å²) in [4.78, 5) is 52.7. The van der Waals surface area contributed by atoms with Crippen LogP contribution in [0, 0.1) is 11.8 Å². The number of anilines is 1. The minimum atomic E-state index is -5.08. The summed E-state index contributed by atoms with van der Waals surface area (Å²) >= 11 is 0. The van der Waals surface area contributed by atoms with Gasteiger partial charge in [0.05, 0.1) is 5.69 Å². The third-order valence-corrected chi connectivity index (χ3v) is 6.62. The molecule has 16 heteroatoms. The van der Waals surface area contributed by atoms with Crippen LogP contribution in [-0.2, 0) is 23.9 Å². The molecule has 0 aliphatic carbocycles. The van der Waals surface area contributed by atoms with Gasteiger partial charge in [-0.05, 0) is 49.2 Å². The van der Waals surface area contributed by atoms with E-state index < -0.39 is 41.7 Å². The number of nitrogens with zero attached hydrogens (tertiary/aromatic N) is 2. The maximum absolute atomic E-state index is 13.3. The van der Waals surface area contributed by atoms with Crippen molar-refractivity contribution in [2.24, 2.45) is 5.73 Å². The number of carbonyl (C=O) groups is 4. The highest BCUT2D eigenvalue weighted by Gasteiger charge is 2.42. The molecule has 3 heterocycles. The molecule has 0 saturated carbocycles. The number of amides is 2. The average Bonchev–Trinajstić information content (AvgIpc) is 3.14. The molecule has 2 aliphatic rings. The van der Waals surface area contributed by atoms with Crippen molar-refractivity contribution in [2.75, 3.05) is 31.8 Å². The number of hydrogen-bond donors (Lipinski definition) is 3. The van der Waals surface area contributed by atoms with Crippen LogP contribution in [0.5, 0.6) is 17.2 Å². The molecule has 1 saturated heterocycles. The summed E-state index contributed by atoms with van der Waals surface area (Å²) in [5.41, 5.74) is 5.67. The summed E-state index contributed by atoms with van der Waals surface area (Å²) in [5, 5.41) is 9.83. The van der Waals surface area contributed by atoms with Crippen LogP contribution in [0.3, 0.4) is 0 Å². The van der Waals surface area contributed by atoms with E-state index in [4.69, 9.17) is 34.6 Å². The average molecular weight is 671 g/mol. The van der Waals surface area contributed by atoms with Crippen molar-refractivity contribution in [2.45, 2.75) is 30.8 Å². The van der Waals surface area contributed by atoms with Crippen LogP contribution < -0.4 is 25.4 Å². The Morgan fingerprint density at radius 2 is 1.81 bits per heavy atom. The lowest BCUT2D eigenvalue weighted by Gasteiger charge is -2.36. The van der Waals surface area contributed by atoms with Gasteiger partial charge in [0.1, 0.15) is 54.8 Å². The van der Waals surface area contributed by atoms with Crippen LogP contribution in [0.15, 0.2) is 66.9 Å². The quantitative estimate of drug-likeness (QED) is 0.259. The van der Waals surface area contributed by atoms with Gasteiger partial charge in [0.25, 0.3) is 11.8 Å². The van der Waals surface area contributed by atoms with Gasteiger partial charge in [-0.2, -0.15) is 13.2 Å². The molecule has 252 valence electrons. The van der Waals surface area contributed by atoms with E-state index in [9.17, 15) is 27.6 Å². The van der Waals surface area contributed by atoms with Crippen molar-refractivity contribution in [1.82, 2.24) is 10.3 Å². The third-order valence-electron chi connectivity index (χ3n) is 6.62. The summed E-state index contributed by atoms with van der Waals surface area (Å²) < 4.78 is 54.1. The van der Waals surface area contributed by atoms with Crippen molar-refractivity contribution in [3.63, 3.8) is 0 Å². The Balaban J connectivity index is 0.000000671. The van der Waals surface area contributed by atoms with Gasteiger partial charge >= 0.3 is 18.1 Å². The van der Waals surface area contributed by atoms with Crippen LogP contribution >= 0.6 is 0 Å². The molecule has 0 spiro atoms. The second kappa shape index (κ2) is 14.8. The van der Waals surface area contributed by atoms with Gasteiger partial charge < -0.3 is 40.0 Å². The number of pyridine rings is 1. The zero-order valence-electron chi connectivity index (χ0n) is 25.4. The number of ether oxygens (including phenoxy) is 4. The first-order chi connectivity index (χ1) is 22.7. The minimum absolute atomic E-state index is 0.0825. The monoisotopic (exact) mass is 670 g/mol. The summed E-state index contributed by atoms with van der Waals surface area (Å²) in [5.74, 6) is 3.20. The Kier molecular flexibility index (Phi) is 10.9. The largest absolute Gasteiger partial charge is 0.490 e. The van der Waals surface area contributed by atoms with Crippen molar-refractivity contribution in [3.8, 4) is 29.1 Å². The van der Waals surface area contributed by atoms with E-state index in [0.717, 1.165) is 0 Å². The lowest BCUT2D eigenvalue weighted by molar-refractivity contribution is -0.193. The molecule has 3 aromatic rings. The molecule has 1 fully saturated rings. The normalized spacial score (nSPS) is 16.8. The molecule has 2 atom stereocenters. The number of aromatic nitrogens is 1. The van der Waals surface area contributed by atoms with E-state index in [1.165, 1.54) is 24.1 Å². The van der Waals surface area contributed by atoms with E-state index >= 15 is 0 Å². The molecule has 4 N–H and O–H groups in total. The van der Waals surface area contributed by atoms with Crippen LogP contribution in [0.1, 0.15) is 23.0 Å². The number of aliphatic carboxylic acids is 1. The molecule has 1 aromatic heterocycles. The fourth-order valence-corrected chi connectivity index (χ4v) is 4.05. The number of rotatable bonds is 6. The molecular formula is C32H29F3N4O9. The maximum Gasteiger partial charge on any atom is 0.490 e. The topological polar surface area (TPSA) is 180 Å². The number of fused-ring (bicyclic) bond motifs is 1. The number of esters is 1. The van der Waals surface area contributed by atoms with E-state index in [2.05, 4.69) is 22.1 Å². The zero-order chi connectivity index (χ0) is 35.1. The molecule has 2 aliphatic heterocycles. The Morgan fingerprint density at radius 1 is 1.12 bits per heavy atom. The van der Waals surface area contributed by atoms with Gasteiger partial charge in [-0.1, -0.05) is 24.1 Å². The number of benzene rings is 2. The first-order valence-electron chi connectivity index (χ1n) is 14.1. The molecular weight excluding hydrogens is 641 g/mol. The summed E-state index contributed by atoms with van der Waals surface area (Å²) in [6, 6.07) is 15.6. The molecule has 2 amide bonds. The first-order valence-corrected chi connectivity index (χ1v) is 14.1. The smallest absolute Gasteiger partial charge is 0.489 e. The van der Waals surface area contributed by atoms with Crippen molar-refractivity contribution in [3.05, 3.63) is 78.1 Å². The number of likely N-dealkylation sites (N-methyl/N-ethyl adjacent to an activating group) is 1. The third kappa shape index (κ3) is 8.99. The van der Waals surface area contributed by atoms with Crippen LogP contribution in [0.4, 0.5) is 18.9 Å². The number of carboxylic acids is 1. The number of halogens is 3. The van der Waals surface area contributed by atoms with E-state index in [0.29, 0.717) is 28.5 Å². The lowest BCUT2D eigenvalue weighted by Crippen LogP contribution is -2.53. The van der Waals surface area contributed by atoms with Crippen LogP contribution in [0.25, 0.3) is 0 Å². The number of nitrogens with two attached hydrogens (primary N) is 1. The second-order valence-electron chi connectivity index (χ2n) is 10.5. The molecule has 48 heavy (non-hydrogen) atoms. The highest BCUT2D eigenvalue weighted by molar-refractivity contribution is 6.03. The van der Waals surface area contributed by atoms with E-state index in [-0.39, 0.29) is 31.4 Å². The number of hydrogen-bond acceptors (Lipinski definition) is 10. The predicted octanol–water partition coefficient (Wildman–Crippen LogP) is 2.67. The maximum atomic E-state index is 13.3. The number of carboxylic acid groups (broad SMARTS) is 1. The van der Waals surface area contributed by atoms with Crippen molar-refractivity contribution < 1.29 is 56.4 Å². The minimum Gasteiger partial charge on any atom is -0.489 e. The predicted molar refractivity (Wildman–Crippen MR) is 161 cm³/mol. The molecule has 2 aromatic carbocycles. The SMILES string of the molecule is CC(N)C(=O)OC1(C#Cc2ccc3c(c2)N(C)C(=O)[C@@H](NC(=O)c2cc(Oc4ccccc4)ccn2)CO3)COC1.O=C(O)C(F)(F)F. The van der Waals surface area contributed by atoms with Gasteiger partial charge in [0.2, 0.25) is 5.60 Å². The highest BCUT2D eigenvalue weighted by atomic mass is 19.4. The van der Waals surface area contributed by atoms with E-state index in [1.807, 2.05) is 18.2 Å². The number of para-hydroxylation sites is 1. The Labute approximate surface area is 271 Å². The summed E-state index contributed by atoms with van der Waals surface area (Å²) in [6.45, 7) is 1.73. The van der Waals surface area contributed by atoms with Gasteiger partial charge in [0.15, 0.2) is 0 Å². The molecule has 13 nitrogen and oxygen atoms in total. The summed E-state index contributed by atoms with van der Waals surface area (Å²) in [7, 11) is 1.59. The van der Waals surface area contributed by atoms with Crippen molar-refractivity contribution in [1.29, 1.82) is 0 Å². The standard InChI is InChI=1S/C30H28N4O7.C2HF3O2/c1-19(31)29(37)41-30(17-38-18-30)12-10-20-8-9-26-25(14-20)34(2)28(36)24(16-39-26)33-27(35)23-15-22(11-13-32-23)40-21-6-4-3-5-7-21;3-2(4,5)1(6)7/h3-9,11,13-15,19,24H,16-18,31H2,1-2H3,(H,33,35);(H,6,7)/t19?,24-;/m0./s1. The van der Waals surface area contributed by atoms with Gasteiger partial charge in [-0.3, -0.25) is 19.4 Å². The lowest BCUT2D eigenvalue weighted by atomic mass is 10.0. The Hall–Kier alpha value is -5.66. The van der Waals surface area contributed by atoms with Crippen molar-refractivity contribution >= 4 is 29.4 Å². The molecule has 0 bridgehead atoms. The second-order valence-corrected chi connectivity index (χ2v) is 10.5. The van der Waals surface area contributed by atoms with Gasteiger partial charge in [-0.25, -0.2) is 4.79 Å².